The summed E-state index contributed by atoms with van der Waals surface area (Å²) in [6.45, 7) is 0. The third-order valence-electron chi connectivity index (χ3n) is 4.95. The smallest absolute Gasteiger partial charge is 0.251 e. The standard InChI is InChI=1S/C21H23ClN2O3/c1-23-21(26)15-6-9-18(22)19(11-15)24-20(25)12-14-5-3-4-13-10-16(27-2)7-8-17(13)14/h6-11,14H,3-5,12H2,1-2H3,(H,23,26)(H,24,25). The zero-order valence-electron chi connectivity index (χ0n) is 15.5. The molecule has 0 saturated heterocycles. The van der Waals surface area contributed by atoms with Crippen molar-refractivity contribution < 1.29 is 14.3 Å². The van der Waals surface area contributed by atoms with Gasteiger partial charge in [-0.3, -0.25) is 9.59 Å². The molecule has 2 aromatic carbocycles. The lowest BCUT2D eigenvalue weighted by molar-refractivity contribution is -0.116. The van der Waals surface area contributed by atoms with Crippen LogP contribution in [0.2, 0.25) is 5.02 Å². The topological polar surface area (TPSA) is 67.4 Å². The van der Waals surface area contributed by atoms with Crippen molar-refractivity contribution in [1.82, 2.24) is 5.32 Å². The Morgan fingerprint density at radius 3 is 2.78 bits per heavy atom. The van der Waals surface area contributed by atoms with E-state index in [2.05, 4.69) is 22.8 Å². The number of methoxy groups -OCH3 is 1. The van der Waals surface area contributed by atoms with Gasteiger partial charge in [-0.05, 0) is 66.6 Å². The molecule has 1 unspecified atom stereocenters. The van der Waals surface area contributed by atoms with E-state index in [4.69, 9.17) is 16.3 Å². The first-order valence-corrected chi connectivity index (χ1v) is 9.38. The predicted molar refractivity (Wildman–Crippen MR) is 107 cm³/mol. The molecule has 0 aromatic heterocycles. The lowest BCUT2D eigenvalue weighted by Gasteiger charge is -2.25. The van der Waals surface area contributed by atoms with Crippen molar-refractivity contribution in [2.75, 3.05) is 19.5 Å². The number of halogens is 1. The van der Waals surface area contributed by atoms with Gasteiger partial charge in [0.2, 0.25) is 5.91 Å². The molecule has 1 aliphatic carbocycles. The highest BCUT2D eigenvalue weighted by Crippen LogP contribution is 2.36. The highest BCUT2D eigenvalue weighted by atomic mass is 35.5. The van der Waals surface area contributed by atoms with Crippen LogP contribution in [-0.2, 0) is 11.2 Å². The van der Waals surface area contributed by atoms with Crippen LogP contribution in [0.25, 0.3) is 0 Å². The molecule has 0 fully saturated rings. The summed E-state index contributed by atoms with van der Waals surface area (Å²) in [5.41, 5.74) is 3.36. The number of hydrogen-bond acceptors (Lipinski definition) is 3. The maximum atomic E-state index is 12.6. The average molecular weight is 387 g/mol. The van der Waals surface area contributed by atoms with Gasteiger partial charge in [-0.25, -0.2) is 0 Å². The van der Waals surface area contributed by atoms with E-state index in [0.717, 1.165) is 25.0 Å². The summed E-state index contributed by atoms with van der Waals surface area (Å²) in [6.07, 6.45) is 3.40. The van der Waals surface area contributed by atoms with E-state index in [1.807, 2.05) is 6.07 Å². The van der Waals surface area contributed by atoms with Crippen molar-refractivity contribution in [3.63, 3.8) is 0 Å². The van der Waals surface area contributed by atoms with Crippen LogP contribution in [0.15, 0.2) is 36.4 Å². The van der Waals surface area contributed by atoms with Gasteiger partial charge in [0.1, 0.15) is 5.75 Å². The zero-order chi connectivity index (χ0) is 19.4. The van der Waals surface area contributed by atoms with Crippen LogP contribution >= 0.6 is 11.6 Å². The molecule has 6 heteroatoms. The van der Waals surface area contributed by atoms with Gasteiger partial charge in [0.25, 0.3) is 5.91 Å². The molecular weight excluding hydrogens is 364 g/mol. The summed E-state index contributed by atoms with van der Waals surface area (Å²) >= 11 is 6.19. The molecule has 0 spiro atoms. The Balaban J connectivity index is 1.73. The average Bonchev–Trinajstić information content (AvgIpc) is 2.68. The highest BCUT2D eigenvalue weighted by Gasteiger charge is 2.23. The summed E-state index contributed by atoms with van der Waals surface area (Å²) in [4.78, 5) is 24.4. The molecule has 142 valence electrons. The lowest BCUT2D eigenvalue weighted by atomic mass is 9.81. The molecule has 5 nitrogen and oxygen atoms in total. The molecule has 2 N–H and O–H groups in total. The van der Waals surface area contributed by atoms with Crippen molar-refractivity contribution in [3.05, 3.63) is 58.1 Å². The van der Waals surface area contributed by atoms with Gasteiger partial charge < -0.3 is 15.4 Å². The van der Waals surface area contributed by atoms with E-state index in [9.17, 15) is 9.59 Å². The minimum atomic E-state index is -0.225. The maximum Gasteiger partial charge on any atom is 0.251 e. The molecule has 0 radical (unpaired) electrons. The fourth-order valence-corrected chi connectivity index (χ4v) is 3.73. The summed E-state index contributed by atoms with van der Waals surface area (Å²) in [5, 5.41) is 5.82. The lowest BCUT2D eigenvalue weighted by Crippen LogP contribution is -2.20. The molecule has 3 rings (SSSR count). The van der Waals surface area contributed by atoms with Crippen molar-refractivity contribution in [1.29, 1.82) is 0 Å². The van der Waals surface area contributed by atoms with Gasteiger partial charge in [-0.2, -0.15) is 0 Å². The van der Waals surface area contributed by atoms with Crippen LogP contribution in [0, 0.1) is 0 Å². The third-order valence-corrected chi connectivity index (χ3v) is 5.28. The number of amides is 2. The second-order valence-electron chi connectivity index (χ2n) is 6.68. The van der Waals surface area contributed by atoms with Gasteiger partial charge in [-0.1, -0.05) is 17.7 Å². The summed E-state index contributed by atoms with van der Waals surface area (Å²) < 4.78 is 5.30. The van der Waals surface area contributed by atoms with Crippen LogP contribution < -0.4 is 15.4 Å². The molecule has 0 heterocycles. The van der Waals surface area contributed by atoms with Crippen molar-refractivity contribution in [3.8, 4) is 5.75 Å². The zero-order valence-corrected chi connectivity index (χ0v) is 16.2. The molecule has 1 aliphatic rings. The minimum Gasteiger partial charge on any atom is -0.497 e. The first-order valence-electron chi connectivity index (χ1n) is 9.00. The maximum absolute atomic E-state index is 12.6. The fourth-order valence-electron chi connectivity index (χ4n) is 3.56. The SMILES string of the molecule is CNC(=O)c1ccc(Cl)c(NC(=O)CC2CCCc3cc(OC)ccc32)c1. The van der Waals surface area contributed by atoms with Crippen molar-refractivity contribution in [2.24, 2.45) is 0 Å². The Labute approximate surface area is 164 Å². The molecule has 1 atom stereocenters. The number of benzene rings is 2. The molecule has 0 saturated carbocycles. The highest BCUT2D eigenvalue weighted by molar-refractivity contribution is 6.33. The Bertz CT molecular complexity index is 867. The van der Waals surface area contributed by atoms with Crippen LogP contribution in [0.1, 0.15) is 46.7 Å². The van der Waals surface area contributed by atoms with E-state index in [1.165, 1.54) is 11.1 Å². The Morgan fingerprint density at radius 2 is 2.04 bits per heavy atom. The number of hydrogen-bond donors (Lipinski definition) is 2. The van der Waals surface area contributed by atoms with E-state index < -0.39 is 0 Å². The molecule has 2 aromatic rings. The minimum absolute atomic E-state index is 0.111. The predicted octanol–water partition coefficient (Wildman–Crippen LogP) is 4.16. The van der Waals surface area contributed by atoms with Crippen LogP contribution in [0.5, 0.6) is 5.75 Å². The molecular formula is C21H23ClN2O3. The Kier molecular flexibility index (Phi) is 6.01. The number of carbonyl (C=O) groups is 2. The summed E-state index contributed by atoms with van der Waals surface area (Å²) in [7, 11) is 3.22. The van der Waals surface area contributed by atoms with Gasteiger partial charge in [-0.15, -0.1) is 0 Å². The Hall–Kier alpha value is -2.53. The Morgan fingerprint density at radius 1 is 1.22 bits per heavy atom. The molecule has 2 amide bonds. The van der Waals surface area contributed by atoms with Gasteiger partial charge in [0.15, 0.2) is 0 Å². The van der Waals surface area contributed by atoms with Crippen LogP contribution in [-0.4, -0.2) is 26.0 Å². The third kappa shape index (κ3) is 4.42. The summed E-state index contributed by atoms with van der Waals surface area (Å²) in [6, 6.07) is 10.9. The van der Waals surface area contributed by atoms with Crippen molar-refractivity contribution in [2.45, 2.75) is 31.6 Å². The molecule has 0 aliphatic heterocycles. The number of carbonyl (C=O) groups excluding carboxylic acids is 2. The number of fused-ring (bicyclic) bond motifs is 1. The van der Waals surface area contributed by atoms with Crippen LogP contribution in [0.3, 0.4) is 0 Å². The van der Waals surface area contributed by atoms with Gasteiger partial charge in [0.05, 0.1) is 17.8 Å². The first-order chi connectivity index (χ1) is 13.0. The normalized spacial score (nSPS) is 15.6. The number of rotatable bonds is 5. The van der Waals surface area contributed by atoms with E-state index in [0.29, 0.717) is 22.7 Å². The number of nitrogens with one attached hydrogen (secondary N) is 2. The van der Waals surface area contributed by atoms with E-state index in [1.54, 1.807) is 32.4 Å². The second kappa shape index (κ2) is 8.44. The quantitative estimate of drug-likeness (QED) is 0.810. The second-order valence-corrected chi connectivity index (χ2v) is 7.09. The van der Waals surface area contributed by atoms with Gasteiger partial charge >= 0.3 is 0 Å². The van der Waals surface area contributed by atoms with Crippen molar-refractivity contribution >= 4 is 29.1 Å². The van der Waals surface area contributed by atoms with E-state index in [-0.39, 0.29) is 17.7 Å². The number of ether oxygens (including phenoxy) is 1. The molecule has 27 heavy (non-hydrogen) atoms. The first kappa shape index (κ1) is 19.2. The van der Waals surface area contributed by atoms with E-state index >= 15 is 0 Å². The number of anilines is 1. The molecule has 0 bridgehead atoms. The summed E-state index contributed by atoms with van der Waals surface area (Å²) in [5.74, 6) is 0.675. The largest absolute Gasteiger partial charge is 0.497 e. The number of aryl methyl sites for hydroxylation is 1. The monoisotopic (exact) mass is 386 g/mol. The fraction of sp³-hybridized carbons (Fsp3) is 0.333. The van der Waals surface area contributed by atoms with Gasteiger partial charge in [0, 0.05) is 19.0 Å². The van der Waals surface area contributed by atoms with Crippen LogP contribution in [0.4, 0.5) is 5.69 Å².